The Balaban J connectivity index is 1.55. The molecule has 0 saturated carbocycles. The second-order valence-electron chi connectivity index (χ2n) is 5.90. The molecule has 23 heavy (non-hydrogen) atoms. The summed E-state index contributed by atoms with van der Waals surface area (Å²) in [6, 6.07) is 1.61. The molecule has 1 fully saturated rings. The number of nitrogens with zero attached hydrogens (tertiary/aromatic N) is 2. The van der Waals surface area contributed by atoms with Gasteiger partial charge in [0.15, 0.2) is 0 Å². The number of carbonyl (C=O) groups is 3. The van der Waals surface area contributed by atoms with Crippen molar-refractivity contribution in [2.45, 2.75) is 38.6 Å². The zero-order valence-electron chi connectivity index (χ0n) is 12.6. The van der Waals surface area contributed by atoms with Crippen LogP contribution in [-0.4, -0.2) is 34.0 Å². The van der Waals surface area contributed by atoms with E-state index in [1.165, 1.54) is 4.68 Å². The first-order valence-electron chi connectivity index (χ1n) is 7.73. The lowest BCUT2D eigenvalue weighted by atomic mass is 9.96. The first kappa shape index (κ1) is 15.4. The van der Waals surface area contributed by atoms with Crippen LogP contribution < -0.4 is 16.2 Å². The molecule has 8 nitrogen and oxygen atoms in total. The molecule has 0 spiro atoms. The third-order valence-electron chi connectivity index (χ3n) is 4.16. The van der Waals surface area contributed by atoms with Crippen LogP contribution in [0.2, 0.25) is 0 Å². The monoisotopic (exact) mass is 318 g/mol. The van der Waals surface area contributed by atoms with Gasteiger partial charge in [0.05, 0.1) is 18.2 Å². The SMILES string of the molecule is O=C1CC(C(=O)NCCn2nc3c(cc2=O)CCC3)CC(=O)N1. The van der Waals surface area contributed by atoms with Crippen molar-refractivity contribution in [1.29, 1.82) is 0 Å². The van der Waals surface area contributed by atoms with E-state index in [4.69, 9.17) is 0 Å². The van der Waals surface area contributed by atoms with E-state index in [1.807, 2.05) is 0 Å². The number of imide groups is 1. The Bertz CT molecular complexity index is 709. The highest BCUT2D eigenvalue weighted by atomic mass is 16.2. The van der Waals surface area contributed by atoms with Crippen LogP contribution in [-0.2, 0) is 33.8 Å². The maximum Gasteiger partial charge on any atom is 0.267 e. The average molecular weight is 318 g/mol. The van der Waals surface area contributed by atoms with E-state index in [9.17, 15) is 19.2 Å². The molecule has 3 amide bonds. The number of hydrogen-bond donors (Lipinski definition) is 2. The number of hydrogen-bond acceptors (Lipinski definition) is 5. The number of piperidine rings is 1. The smallest absolute Gasteiger partial charge is 0.267 e. The quantitative estimate of drug-likeness (QED) is 0.685. The molecule has 0 bridgehead atoms. The van der Waals surface area contributed by atoms with E-state index in [1.54, 1.807) is 6.07 Å². The van der Waals surface area contributed by atoms with Gasteiger partial charge in [-0.25, -0.2) is 4.68 Å². The predicted molar refractivity (Wildman–Crippen MR) is 79.4 cm³/mol. The highest BCUT2D eigenvalue weighted by Crippen LogP contribution is 2.17. The fourth-order valence-corrected chi connectivity index (χ4v) is 2.99. The molecule has 122 valence electrons. The maximum atomic E-state index is 12.0. The molecule has 2 heterocycles. The van der Waals surface area contributed by atoms with Gasteiger partial charge in [-0.15, -0.1) is 0 Å². The first-order valence-corrected chi connectivity index (χ1v) is 7.73. The summed E-state index contributed by atoms with van der Waals surface area (Å²) < 4.78 is 1.35. The molecule has 1 saturated heterocycles. The van der Waals surface area contributed by atoms with Gasteiger partial charge in [-0.05, 0) is 24.8 Å². The van der Waals surface area contributed by atoms with Crippen LogP contribution in [0.4, 0.5) is 0 Å². The second-order valence-corrected chi connectivity index (χ2v) is 5.90. The van der Waals surface area contributed by atoms with Crippen LogP contribution >= 0.6 is 0 Å². The van der Waals surface area contributed by atoms with Crippen LogP contribution in [0.25, 0.3) is 0 Å². The van der Waals surface area contributed by atoms with Crippen molar-refractivity contribution in [1.82, 2.24) is 20.4 Å². The van der Waals surface area contributed by atoms with E-state index in [-0.39, 0.29) is 37.4 Å². The number of rotatable bonds is 4. The van der Waals surface area contributed by atoms with E-state index in [2.05, 4.69) is 15.7 Å². The van der Waals surface area contributed by atoms with E-state index in [0.29, 0.717) is 0 Å². The van der Waals surface area contributed by atoms with Gasteiger partial charge in [0.2, 0.25) is 17.7 Å². The number of amides is 3. The summed E-state index contributed by atoms with van der Waals surface area (Å²) >= 11 is 0. The molecule has 2 N–H and O–H groups in total. The molecule has 2 aliphatic rings. The minimum Gasteiger partial charge on any atom is -0.354 e. The van der Waals surface area contributed by atoms with E-state index < -0.39 is 17.7 Å². The topological polar surface area (TPSA) is 110 Å². The van der Waals surface area contributed by atoms with Gasteiger partial charge < -0.3 is 5.32 Å². The van der Waals surface area contributed by atoms with Crippen molar-refractivity contribution in [3.8, 4) is 0 Å². The lowest BCUT2D eigenvalue weighted by molar-refractivity contribution is -0.140. The molecule has 3 rings (SSSR count). The zero-order valence-corrected chi connectivity index (χ0v) is 12.6. The lowest BCUT2D eigenvalue weighted by Gasteiger charge is -2.20. The molecular formula is C15H18N4O4. The predicted octanol–water partition coefficient (Wildman–Crippen LogP) is -1.10. The molecule has 8 heteroatoms. The summed E-state index contributed by atoms with van der Waals surface area (Å²) in [6.07, 6.45) is 2.80. The lowest BCUT2D eigenvalue weighted by Crippen LogP contribution is -2.45. The van der Waals surface area contributed by atoms with Crippen molar-refractivity contribution in [2.24, 2.45) is 5.92 Å². The number of aromatic nitrogens is 2. The molecule has 0 radical (unpaired) electrons. The third-order valence-corrected chi connectivity index (χ3v) is 4.16. The third kappa shape index (κ3) is 3.46. The van der Waals surface area contributed by atoms with Crippen LogP contribution in [0.3, 0.4) is 0 Å². The molecule has 1 aliphatic heterocycles. The normalized spacial score (nSPS) is 17.7. The molecule has 1 aromatic heterocycles. The number of nitrogens with one attached hydrogen (secondary N) is 2. The van der Waals surface area contributed by atoms with Crippen LogP contribution in [0.1, 0.15) is 30.5 Å². The first-order chi connectivity index (χ1) is 11.0. The summed E-state index contributed by atoms with van der Waals surface area (Å²) in [5.41, 5.74) is 1.79. The summed E-state index contributed by atoms with van der Waals surface area (Å²) in [4.78, 5) is 46.5. The standard InChI is InChI=1S/C15H18N4O4/c20-12-6-10(7-13(21)17-12)15(23)16-4-5-19-14(22)8-9-2-1-3-11(9)18-19/h8,10H,1-7H2,(H,16,23)(H,17,20,21). The Morgan fingerprint density at radius 2 is 2.00 bits per heavy atom. The average Bonchev–Trinajstić information content (AvgIpc) is 2.93. The van der Waals surface area contributed by atoms with Gasteiger partial charge in [-0.2, -0.15) is 5.10 Å². The molecule has 0 aromatic carbocycles. The maximum absolute atomic E-state index is 12.0. The van der Waals surface area contributed by atoms with Crippen LogP contribution in [0, 0.1) is 5.92 Å². The highest BCUT2D eigenvalue weighted by Gasteiger charge is 2.30. The van der Waals surface area contributed by atoms with E-state index in [0.717, 1.165) is 30.5 Å². The Morgan fingerprint density at radius 1 is 1.26 bits per heavy atom. The van der Waals surface area contributed by atoms with Gasteiger partial charge in [0.25, 0.3) is 5.56 Å². The van der Waals surface area contributed by atoms with Crippen molar-refractivity contribution in [3.05, 3.63) is 27.7 Å². The number of fused-ring (bicyclic) bond motifs is 1. The van der Waals surface area contributed by atoms with Crippen molar-refractivity contribution in [3.63, 3.8) is 0 Å². The summed E-state index contributed by atoms with van der Waals surface area (Å²) in [6.45, 7) is 0.502. The van der Waals surface area contributed by atoms with Crippen molar-refractivity contribution >= 4 is 17.7 Å². The molecule has 0 unspecified atom stereocenters. The van der Waals surface area contributed by atoms with Gasteiger partial charge in [-0.1, -0.05) is 0 Å². The van der Waals surface area contributed by atoms with Gasteiger partial charge in [0.1, 0.15) is 0 Å². The highest BCUT2D eigenvalue weighted by molar-refractivity contribution is 6.02. The largest absolute Gasteiger partial charge is 0.354 e. The van der Waals surface area contributed by atoms with Gasteiger partial charge in [-0.3, -0.25) is 24.5 Å². The Kier molecular flexibility index (Phi) is 4.22. The minimum atomic E-state index is -0.638. The fraction of sp³-hybridized carbons (Fsp3) is 0.533. The molecule has 1 aromatic rings. The van der Waals surface area contributed by atoms with E-state index >= 15 is 0 Å². The molecular weight excluding hydrogens is 300 g/mol. The summed E-state index contributed by atoms with van der Waals surface area (Å²) in [5.74, 6) is -1.85. The second kappa shape index (κ2) is 6.31. The number of carbonyl (C=O) groups excluding carboxylic acids is 3. The van der Waals surface area contributed by atoms with Gasteiger partial charge >= 0.3 is 0 Å². The Hall–Kier alpha value is -2.51. The fourth-order valence-electron chi connectivity index (χ4n) is 2.99. The van der Waals surface area contributed by atoms with Crippen LogP contribution in [0.15, 0.2) is 10.9 Å². The summed E-state index contributed by atoms with van der Waals surface area (Å²) in [7, 11) is 0. The minimum absolute atomic E-state index is 0.00855. The Morgan fingerprint density at radius 3 is 2.74 bits per heavy atom. The Labute approximate surface area is 132 Å². The van der Waals surface area contributed by atoms with Gasteiger partial charge in [0, 0.05) is 25.5 Å². The zero-order chi connectivity index (χ0) is 16.4. The molecule has 0 atom stereocenters. The molecule has 1 aliphatic carbocycles. The van der Waals surface area contributed by atoms with Crippen molar-refractivity contribution < 1.29 is 14.4 Å². The van der Waals surface area contributed by atoms with Crippen molar-refractivity contribution in [2.75, 3.05) is 6.54 Å². The van der Waals surface area contributed by atoms with Crippen LogP contribution in [0.5, 0.6) is 0 Å². The number of aryl methyl sites for hydroxylation is 2. The summed E-state index contributed by atoms with van der Waals surface area (Å²) in [5, 5.41) is 9.15.